The van der Waals surface area contributed by atoms with Crippen LogP contribution in [0, 0.1) is 0 Å². The van der Waals surface area contributed by atoms with Crippen molar-refractivity contribution in [2.24, 2.45) is 0 Å². The average molecular weight is 487 g/mol. The lowest BCUT2D eigenvalue weighted by atomic mass is 10.1. The van der Waals surface area contributed by atoms with Crippen LogP contribution in [0.15, 0.2) is 128 Å². The zero-order valence-corrected chi connectivity index (χ0v) is 20.8. The van der Waals surface area contributed by atoms with Crippen molar-refractivity contribution in [2.45, 2.75) is 6.92 Å². The van der Waals surface area contributed by atoms with Crippen molar-refractivity contribution in [1.29, 1.82) is 0 Å². The standard InChI is InChI=1S/C31H26N4S/c1-3-4-7-12-22(2)35(25-15-10-6-11-16-25)26-19-17-24(18-20-26)29-30-27(33-31(32)34-29)21-28(36-30)23-13-8-5-9-14-23/h3-21H,1H2,2H3,(H2,32,33,34)/b7-4-,22-12+. The highest BCUT2D eigenvalue weighted by Gasteiger charge is 2.15. The van der Waals surface area contributed by atoms with Gasteiger partial charge in [-0.3, -0.25) is 0 Å². The van der Waals surface area contributed by atoms with Gasteiger partial charge in [0.25, 0.3) is 0 Å². The summed E-state index contributed by atoms with van der Waals surface area (Å²) in [7, 11) is 0. The fourth-order valence-corrected chi connectivity index (χ4v) is 5.25. The molecule has 5 heteroatoms. The van der Waals surface area contributed by atoms with Crippen LogP contribution in [0.2, 0.25) is 0 Å². The number of nitrogens with zero attached hydrogens (tertiary/aromatic N) is 3. The molecule has 0 atom stereocenters. The number of aromatic nitrogens is 2. The number of anilines is 3. The van der Waals surface area contributed by atoms with Crippen LogP contribution in [0.3, 0.4) is 0 Å². The molecule has 5 aromatic rings. The SMILES string of the molecule is C=C/C=C\C=C(/C)N(c1ccccc1)c1ccc(-c2nc(N)nc3cc(-c4ccccc4)sc23)cc1. The zero-order chi connectivity index (χ0) is 24.9. The third kappa shape index (κ3) is 4.83. The Morgan fingerprint density at radius 3 is 2.19 bits per heavy atom. The highest BCUT2D eigenvalue weighted by molar-refractivity contribution is 7.22. The second-order valence-electron chi connectivity index (χ2n) is 8.27. The van der Waals surface area contributed by atoms with E-state index in [2.05, 4.69) is 89.0 Å². The molecule has 36 heavy (non-hydrogen) atoms. The molecule has 0 fully saturated rings. The molecule has 0 radical (unpaired) electrons. The predicted molar refractivity (Wildman–Crippen MR) is 154 cm³/mol. The maximum Gasteiger partial charge on any atom is 0.221 e. The minimum Gasteiger partial charge on any atom is -0.368 e. The molecule has 0 saturated heterocycles. The Balaban J connectivity index is 1.56. The van der Waals surface area contributed by atoms with Gasteiger partial charge < -0.3 is 10.6 Å². The smallest absolute Gasteiger partial charge is 0.221 e. The summed E-state index contributed by atoms with van der Waals surface area (Å²) in [5.74, 6) is 0.276. The van der Waals surface area contributed by atoms with Crippen molar-refractivity contribution in [1.82, 2.24) is 9.97 Å². The first-order valence-corrected chi connectivity index (χ1v) is 12.5. The number of nitrogen functional groups attached to an aromatic ring is 1. The van der Waals surface area contributed by atoms with Crippen LogP contribution in [0.5, 0.6) is 0 Å². The lowest BCUT2D eigenvalue weighted by Crippen LogP contribution is -2.14. The number of thiophene rings is 1. The van der Waals surface area contributed by atoms with Crippen molar-refractivity contribution < 1.29 is 0 Å². The largest absolute Gasteiger partial charge is 0.368 e. The van der Waals surface area contributed by atoms with Crippen molar-refractivity contribution in [3.63, 3.8) is 0 Å². The molecule has 0 aliphatic rings. The molecule has 2 heterocycles. The lowest BCUT2D eigenvalue weighted by molar-refractivity contribution is 1.15. The van der Waals surface area contributed by atoms with Crippen molar-refractivity contribution in [3.05, 3.63) is 128 Å². The summed E-state index contributed by atoms with van der Waals surface area (Å²) < 4.78 is 1.03. The van der Waals surface area contributed by atoms with Gasteiger partial charge in [-0.15, -0.1) is 11.3 Å². The van der Waals surface area contributed by atoms with Gasteiger partial charge in [-0.05, 0) is 48.9 Å². The molecule has 5 rings (SSSR count). The number of para-hydroxylation sites is 1. The Morgan fingerprint density at radius 2 is 1.50 bits per heavy atom. The normalized spacial score (nSPS) is 11.8. The fraction of sp³-hybridized carbons (Fsp3) is 0.0323. The molecule has 3 aromatic carbocycles. The van der Waals surface area contributed by atoms with Crippen LogP contribution in [0.25, 0.3) is 31.9 Å². The molecule has 0 unspecified atom stereocenters. The highest BCUT2D eigenvalue weighted by Crippen LogP contribution is 2.39. The van der Waals surface area contributed by atoms with Gasteiger partial charge in [0, 0.05) is 27.5 Å². The second-order valence-corrected chi connectivity index (χ2v) is 9.32. The molecule has 0 bridgehead atoms. The third-order valence-electron chi connectivity index (χ3n) is 5.80. The molecular formula is C31H26N4S. The van der Waals surface area contributed by atoms with Gasteiger partial charge in [-0.25, -0.2) is 9.97 Å². The maximum atomic E-state index is 6.12. The molecule has 0 spiro atoms. The van der Waals surface area contributed by atoms with E-state index in [1.54, 1.807) is 17.4 Å². The number of benzene rings is 3. The van der Waals surface area contributed by atoms with Gasteiger partial charge in [-0.2, -0.15) is 0 Å². The quantitative estimate of drug-likeness (QED) is 0.235. The third-order valence-corrected chi connectivity index (χ3v) is 6.98. The molecule has 176 valence electrons. The summed E-state index contributed by atoms with van der Waals surface area (Å²) in [5.41, 5.74) is 13.2. The average Bonchev–Trinajstić information content (AvgIpc) is 3.34. The summed E-state index contributed by atoms with van der Waals surface area (Å²) in [6.07, 6.45) is 7.76. The molecular weight excluding hydrogens is 460 g/mol. The van der Waals surface area contributed by atoms with E-state index in [9.17, 15) is 0 Å². The number of hydrogen-bond donors (Lipinski definition) is 1. The van der Waals surface area contributed by atoms with Crippen molar-refractivity contribution in [2.75, 3.05) is 10.6 Å². The Kier molecular flexibility index (Phi) is 6.74. The minimum atomic E-state index is 0.276. The first-order chi connectivity index (χ1) is 17.6. The fourth-order valence-electron chi connectivity index (χ4n) is 4.14. The summed E-state index contributed by atoms with van der Waals surface area (Å²) in [5, 5.41) is 0. The van der Waals surface area contributed by atoms with E-state index in [0.29, 0.717) is 0 Å². The molecule has 2 aromatic heterocycles. The Hall–Kier alpha value is -4.48. The van der Waals surface area contributed by atoms with Crippen LogP contribution >= 0.6 is 11.3 Å². The van der Waals surface area contributed by atoms with Gasteiger partial charge in [0.2, 0.25) is 5.95 Å². The van der Waals surface area contributed by atoms with Gasteiger partial charge in [0.15, 0.2) is 0 Å². The monoisotopic (exact) mass is 486 g/mol. The molecule has 0 aliphatic heterocycles. The van der Waals surface area contributed by atoms with E-state index >= 15 is 0 Å². The Morgan fingerprint density at radius 1 is 0.833 bits per heavy atom. The van der Waals surface area contributed by atoms with E-state index in [4.69, 9.17) is 5.73 Å². The minimum absolute atomic E-state index is 0.276. The topological polar surface area (TPSA) is 55.0 Å². The van der Waals surface area contributed by atoms with Crippen molar-refractivity contribution in [3.8, 4) is 21.7 Å². The second kappa shape index (κ2) is 10.4. The number of nitrogens with two attached hydrogens (primary N) is 1. The van der Waals surface area contributed by atoms with Crippen LogP contribution < -0.4 is 10.6 Å². The molecule has 0 saturated carbocycles. The van der Waals surface area contributed by atoms with Crippen LogP contribution in [-0.2, 0) is 0 Å². The number of hydrogen-bond acceptors (Lipinski definition) is 5. The number of fused-ring (bicyclic) bond motifs is 1. The van der Waals surface area contributed by atoms with Gasteiger partial charge in [0.05, 0.1) is 15.9 Å². The van der Waals surface area contributed by atoms with E-state index < -0.39 is 0 Å². The van der Waals surface area contributed by atoms with Gasteiger partial charge in [-0.1, -0.05) is 85.5 Å². The molecule has 0 amide bonds. The Bertz CT molecular complexity index is 1550. The molecule has 0 aliphatic carbocycles. The Labute approximate surface area is 215 Å². The van der Waals surface area contributed by atoms with Crippen molar-refractivity contribution >= 4 is 38.9 Å². The van der Waals surface area contributed by atoms with E-state index in [1.807, 2.05) is 48.6 Å². The lowest BCUT2D eigenvalue weighted by Gasteiger charge is -2.26. The summed E-state index contributed by atoms with van der Waals surface area (Å²) in [4.78, 5) is 12.5. The van der Waals surface area contributed by atoms with E-state index in [-0.39, 0.29) is 5.95 Å². The van der Waals surface area contributed by atoms with Crippen LogP contribution in [0.1, 0.15) is 6.92 Å². The van der Waals surface area contributed by atoms with E-state index in [1.165, 1.54) is 0 Å². The summed E-state index contributed by atoms with van der Waals surface area (Å²) >= 11 is 1.69. The first-order valence-electron chi connectivity index (χ1n) is 11.7. The zero-order valence-electron chi connectivity index (χ0n) is 20.0. The maximum absolute atomic E-state index is 6.12. The first kappa shape index (κ1) is 23.3. The number of allylic oxidation sites excluding steroid dienone is 5. The molecule has 2 N–H and O–H groups in total. The highest BCUT2D eigenvalue weighted by atomic mass is 32.1. The summed E-state index contributed by atoms with van der Waals surface area (Å²) in [6.45, 7) is 5.85. The summed E-state index contributed by atoms with van der Waals surface area (Å²) in [6, 6.07) is 31.2. The predicted octanol–water partition coefficient (Wildman–Crippen LogP) is 8.39. The van der Waals surface area contributed by atoms with Gasteiger partial charge in [0.1, 0.15) is 0 Å². The van der Waals surface area contributed by atoms with Gasteiger partial charge >= 0.3 is 0 Å². The van der Waals surface area contributed by atoms with Crippen LogP contribution in [-0.4, -0.2) is 9.97 Å². The van der Waals surface area contributed by atoms with E-state index in [0.717, 1.165) is 49.0 Å². The number of rotatable bonds is 7. The molecule has 4 nitrogen and oxygen atoms in total. The van der Waals surface area contributed by atoms with Crippen LogP contribution in [0.4, 0.5) is 17.3 Å².